The van der Waals surface area contributed by atoms with Crippen LogP contribution >= 0.6 is 11.6 Å². The van der Waals surface area contributed by atoms with Gasteiger partial charge in [0.1, 0.15) is 10.6 Å². The average molecular weight is 481 g/mol. The molecule has 9 nitrogen and oxygen atoms in total. The van der Waals surface area contributed by atoms with Crippen LogP contribution in [-0.2, 0) is 30.9 Å². The maximum absolute atomic E-state index is 12.8. The molecule has 2 amide bonds. The van der Waals surface area contributed by atoms with Crippen molar-refractivity contribution in [1.29, 1.82) is 0 Å². The molecule has 1 saturated heterocycles. The van der Waals surface area contributed by atoms with E-state index in [4.69, 9.17) is 21.1 Å². The molecule has 32 heavy (non-hydrogen) atoms. The van der Waals surface area contributed by atoms with Crippen molar-refractivity contribution in [3.8, 4) is 5.75 Å². The van der Waals surface area contributed by atoms with E-state index >= 15 is 0 Å². The first kappa shape index (κ1) is 23.7. The average Bonchev–Trinajstić information content (AvgIpc) is 3.22. The number of hydrogen-bond donors (Lipinski definition) is 1. The summed E-state index contributed by atoms with van der Waals surface area (Å²) in [4.78, 5) is 36.8. The number of sulfonamides is 1. The molecule has 0 radical (unpaired) electrons. The number of imide groups is 1. The van der Waals surface area contributed by atoms with Crippen molar-refractivity contribution in [3.05, 3.63) is 58.6 Å². The molecule has 11 heteroatoms. The number of methoxy groups -OCH3 is 1. The van der Waals surface area contributed by atoms with Gasteiger partial charge >= 0.3 is 5.97 Å². The van der Waals surface area contributed by atoms with Gasteiger partial charge in [-0.05, 0) is 42.3 Å². The Balaban J connectivity index is 1.72. The number of ether oxygens (including phenoxy) is 2. The SMILES string of the molecule is COc1ccc(C(=O)OCC(=O)N2CCCC2=O)cc1S(=O)(=O)NCc1ccc(Cl)cc1. The monoisotopic (exact) mass is 480 g/mol. The smallest absolute Gasteiger partial charge is 0.338 e. The normalized spacial score (nSPS) is 13.8. The Labute approximate surface area is 190 Å². The van der Waals surface area contributed by atoms with Crippen LogP contribution < -0.4 is 9.46 Å². The number of halogens is 1. The second-order valence-corrected chi connectivity index (χ2v) is 9.11. The third-order valence-electron chi connectivity index (χ3n) is 4.77. The summed E-state index contributed by atoms with van der Waals surface area (Å²) in [6, 6.07) is 10.4. The van der Waals surface area contributed by atoms with Crippen LogP contribution in [-0.4, -0.2) is 51.4 Å². The van der Waals surface area contributed by atoms with Crippen LogP contribution in [0.1, 0.15) is 28.8 Å². The zero-order valence-corrected chi connectivity index (χ0v) is 18.7. The lowest BCUT2D eigenvalue weighted by molar-refractivity contribution is -0.143. The molecule has 1 aliphatic heterocycles. The lowest BCUT2D eigenvalue weighted by Gasteiger charge is -2.14. The van der Waals surface area contributed by atoms with Gasteiger partial charge in [0.05, 0.1) is 12.7 Å². The van der Waals surface area contributed by atoms with Gasteiger partial charge < -0.3 is 9.47 Å². The summed E-state index contributed by atoms with van der Waals surface area (Å²) in [5.74, 6) is -1.80. The highest BCUT2D eigenvalue weighted by molar-refractivity contribution is 7.89. The minimum Gasteiger partial charge on any atom is -0.495 e. The molecule has 2 aromatic rings. The first-order chi connectivity index (χ1) is 15.2. The third kappa shape index (κ3) is 5.64. The molecule has 1 aliphatic rings. The number of rotatable bonds is 8. The molecular weight excluding hydrogens is 460 g/mol. The highest BCUT2D eigenvalue weighted by atomic mass is 35.5. The molecule has 2 aromatic carbocycles. The largest absolute Gasteiger partial charge is 0.495 e. The van der Waals surface area contributed by atoms with Gasteiger partial charge in [-0.3, -0.25) is 14.5 Å². The minimum atomic E-state index is -4.05. The lowest BCUT2D eigenvalue weighted by Crippen LogP contribution is -2.35. The summed E-state index contributed by atoms with van der Waals surface area (Å²) < 4.78 is 38.2. The number of esters is 1. The number of carbonyl (C=O) groups excluding carboxylic acids is 3. The first-order valence-corrected chi connectivity index (χ1v) is 11.5. The van der Waals surface area contributed by atoms with Gasteiger partial charge in [-0.25, -0.2) is 17.9 Å². The molecule has 0 atom stereocenters. The Hall–Kier alpha value is -2.95. The molecular formula is C21H21ClN2O7S. The van der Waals surface area contributed by atoms with Crippen LogP contribution in [0, 0.1) is 0 Å². The Morgan fingerprint density at radius 2 is 1.88 bits per heavy atom. The highest BCUT2D eigenvalue weighted by Crippen LogP contribution is 2.25. The van der Waals surface area contributed by atoms with E-state index in [1.807, 2.05) is 0 Å². The number of nitrogens with one attached hydrogen (secondary N) is 1. The van der Waals surface area contributed by atoms with Crippen molar-refractivity contribution in [2.24, 2.45) is 0 Å². The summed E-state index contributed by atoms with van der Waals surface area (Å²) in [5, 5.41) is 0.525. The van der Waals surface area contributed by atoms with Gasteiger partial charge in [0.2, 0.25) is 15.9 Å². The quantitative estimate of drug-likeness (QED) is 0.575. The number of carbonyl (C=O) groups is 3. The Bertz CT molecular complexity index is 1130. The standard InChI is InChI=1S/C21H21ClN2O7S/c1-30-17-9-6-15(21(27)31-13-20(26)24-10-2-3-19(24)25)11-18(17)32(28,29)23-12-14-4-7-16(22)8-5-14/h4-9,11,23H,2-3,10,12-13H2,1H3. The summed E-state index contributed by atoms with van der Waals surface area (Å²) in [7, 11) is -2.75. The van der Waals surface area contributed by atoms with Crippen molar-refractivity contribution in [2.45, 2.75) is 24.3 Å². The second kappa shape index (κ2) is 10.1. The van der Waals surface area contributed by atoms with Crippen LogP contribution in [0.25, 0.3) is 0 Å². The van der Waals surface area contributed by atoms with Crippen LogP contribution in [0.2, 0.25) is 5.02 Å². The van der Waals surface area contributed by atoms with Gasteiger partial charge in [0.15, 0.2) is 6.61 Å². The molecule has 170 valence electrons. The van der Waals surface area contributed by atoms with Crippen molar-refractivity contribution >= 4 is 39.4 Å². The number of hydrogen-bond acceptors (Lipinski definition) is 7. The Morgan fingerprint density at radius 3 is 2.50 bits per heavy atom. The van der Waals surface area contributed by atoms with E-state index in [1.54, 1.807) is 24.3 Å². The van der Waals surface area contributed by atoms with E-state index in [1.165, 1.54) is 19.2 Å². The fourth-order valence-corrected chi connectivity index (χ4v) is 4.41. The van der Waals surface area contributed by atoms with Gasteiger partial charge in [0, 0.05) is 24.5 Å². The van der Waals surface area contributed by atoms with E-state index in [0.29, 0.717) is 23.6 Å². The zero-order valence-electron chi connectivity index (χ0n) is 17.2. The predicted molar refractivity (Wildman–Crippen MR) is 115 cm³/mol. The Morgan fingerprint density at radius 1 is 1.16 bits per heavy atom. The fourth-order valence-electron chi connectivity index (χ4n) is 3.07. The van der Waals surface area contributed by atoms with Crippen molar-refractivity contribution in [2.75, 3.05) is 20.3 Å². The van der Waals surface area contributed by atoms with Crippen molar-refractivity contribution in [3.63, 3.8) is 0 Å². The van der Waals surface area contributed by atoms with Crippen molar-refractivity contribution < 1.29 is 32.3 Å². The molecule has 0 spiro atoms. The molecule has 1 heterocycles. The number of amides is 2. The van der Waals surface area contributed by atoms with E-state index in [-0.39, 0.29) is 35.1 Å². The van der Waals surface area contributed by atoms with E-state index < -0.39 is 28.5 Å². The molecule has 3 rings (SSSR count). The molecule has 0 bridgehead atoms. The minimum absolute atomic E-state index is 0.00427. The van der Waals surface area contributed by atoms with E-state index in [9.17, 15) is 22.8 Å². The molecule has 0 aliphatic carbocycles. The van der Waals surface area contributed by atoms with Crippen molar-refractivity contribution in [1.82, 2.24) is 9.62 Å². The van der Waals surface area contributed by atoms with Crippen LogP contribution in [0.4, 0.5) is 0 Å². The van der Waals surface area contributed by atoms with Crippen LogP contribution in [0.5, 0.6) is 5.75 Å². The predicted octanol–water partition coefficient (Wildman–Crippen LogP) is 2.13. The Kier molecular flexibility index (Phi) is 7.49. The molecule has 1 N–H and O–H groups in total. The van der Waals surface area contributed by atoms with Crippen LogP contribution in [0.3, 0.4) is 0 Å². The van der Waals surface area contributed by atoms with Crippen LogP contribution in [0.15, 0.2) is 47.4 Å². The molecule has 0 saturated carbocycles. The van der Waals surface area contributed by atoms with Gasteiger partial charge in [-0.2, -0.15) is 0 Å². The number of benzene rings is 2. The topological polar surface area (TPSA) is 119 Å². The maximum Gasteiger partial charge on any atom is 0.338 e. The first-order valence-electron chi connectivity index (χ1n) is 9.64. The summed E-state index contributed by atoms with van der Waals surface area (Å²) >= 11 is 5.83. The molecule has 0 unspecified atom stereocenters. The number of nitrogens with zero attached hydrogens (tertiary/aromatic N) is 1. The number of likely N-dealkylation sites (tertiary alicyclic amines) is 1. The maximum atomic E-state index is 12.8. The third-order valence-corrected chi connectivity index (χ3v) is 6.44. The molecule has 0 aromatic heterocycles. The lowest BCUT2D eigenvalue weighted by atomic mass is 10.2. The molecule has 1 fully saturated rings. The van der Waals surface area contributed by atoms with Gasteiger partial charge in [-0.1, -0.05) is 23.7 Å². The fraction of sp³-hybridized carbons (Fsp3) is 0.286. The van der Waals surface area contributed by atoms with E-state index in [2.05, 4.69) is 4.72 Å². The second-order valence-electron chi connectivity index (χ2n) is 6.94. The summed E-state index contributed by atoms with van der Waals surface area (Å²) in [5.41, 5.74) is 0.598. The summed E-state index contributed by atoms with van der Waals surface area (Å²) in [6.45, 7) is -0.331. The van der Waals surface area contributed by atoms with Gasteiger partial charge in [-0.15, -0.1) is 0 Å². The zero-order chi connectivity index (χ0) is 23.3. The van der Waals surface area contributed by atoms with Gasteiger partial charge in [0.25, 0.3) is 5.91 Å². The highest BCUT2D eigenvalue weighted by Gasteiger charge is 2.27. The van der Waals surface area contributed by atoms with E-state index in [0.717, 1.165) is 11.0 Å². The summed E-state index contributed by atoms with van der Waals surface area (Å²) in [6.07, 6.45) is 0.851.